The molecule has 5 nitrogen and oxygen atoms in total. The van der Waals surface area contributed by atoms with Crippen molar-refractivity contribution in [1.29, 1.82) is 0 Å². The van der Waals surface area contributed by atoms with Gasteiger partial charge in [0.2, 0.25) is 0 Å². The predicted molar refractivity (Wildman–Crippen MR) is 116 cm³/mol. The summed E-state index contributed by atoms with van der Waals surface area (Å²) in [5.41, 5.74) is 4.76. The van der Waals surface area contributed by atoms with Crippen LogP contribution in [0.25, 0.3) is 11.0 Å². The number of nitrogens with zero attached hydrogens (tertiary/aromatic N) is 1. The smallest absolute Gasteiger partial charge is 0.290 e. The molecule has 1 aliphatic rings. The third-order valence-corrected chi connectivity index (χ3v) is 8.51. The standard InChI is InChI=1S/C22H25NO4S2/c1-13-9-15(3)20-18(10-13)16(4)21(27-20)22(24)23(11-19-14(2)5-7-28-19)17-6-8-29(25,26)12-17/h5,7,9-10,17H,6,8,11-12H2,1-4H3/t17-/m0/s1. The van der Waals surface area contributed by atoms with E-state index < -0.39 is 9.84 Å². The van der Waals surface area contributed by atoms with E-state index in [9.17, 15) is 13.2 Å². The maximum absolute atomic E-state index is 13.6. The second-order valence-electron chi connectivity index (χ2n) is 8.03. The molecule has 1 aliphatic heterocycles. The van der Waals surface area contributed by atoms with Crippen LogP contribution < -0.4 is 0 Å². The highest BCUT2D eigenvalue weighted by atomic mass is 32.2. The van der Waals surface area contributed by atoms with Gasteiger partial charge in [-0.2, -0.15) is 0 Å². The number of amides is 1. The quantitative estimate of drug-likeness (QED) is 0.607. The molecular formula is C22H25NO4S2. The van der Waals surface area contributed by atoms with Gasteiger partial charge < -0.3 is 9.32 Å². The Balaban J connectivity index is 1.77. The van der Waals surface area contributed by atoms with Gasteiger partial charge >= 0.3 is 0 Å². The van der Waals surface area contributed by atoms with Crippen LogP contribution in [0.5, 0.6) is 0 Å². The summed E-state index contributed by atoms with van der Waals surface area (Å²) in [6, 6.07) is 5.76. The molecule has 2 aromatic heterocycles. The highest BCUT2D eigenvalue weighted by molar-refractivity contribution is 7.91. The van der Waals surface area contributed by atoms with Gasteiger partial charge in [-0.3, -0.25) is 4.79 Å². The molecule has 154 valence electrons. The molecular weight excluding hydrogens is 406 g/mol. The van der Waals surface area contributed by atoms with Gasteiger partial charge in [-0.15, -0.1) is 11.3 Å². The number of carbonyl (C=O) groups excluding carboxylic acids is 1. The molecule has 1 aromatic carbocycles. The van der Waals surface area contributed by atoms with Gasteiger partial charge in [0.25, 0.3) is 5.91 Å². The predicted octanol–water partition coefficient (Wildman–Crippen LogP) is 4.56. The van der Waals surface area contributed by atoms with Gasteiger partial charge in [-0.25, -0.2) is 8.42 Å². The molecule has 1 amide bonds. The molecule has 0 radical (unpaired) electrons. The number of hydrogen-bond acceptors (Lipinski definition) is 5. The second-order valence-corrected chi connectivity index (χ2v) is 11.3. The number of benzene rings is 1. The van der Waals surface area contributed by atoms with E-state index in [0.717, 1.165) is 38.1 Å². The number of fused-ring (bicyclic) bond motifs is 1. The van der Waals surface area contributed by atoms with Crippen LogP contribution in [0.1, 0.15) is 44.1 Å². The summed E-state index contributed by atoms with van der Waals surface area (Å²) in [6.45, 7) is 8.31. The fourth-order valence-electron chi connectivity index (χ4n) is 4.11. The molecule has 3 heterocycles. The second kappa shape index (κ2) is 7.29. The number of sulfone groups is 1. The lowest BCUT2D eigenvalue weighted by atomic mass is 10.1. The zero-order valence-corrected chi connectivity index (χ0v) is 18.7. The van der Waals surface area contributed by atoms with E-state index in [1.165, 1.54) is 0 Å². The van der Waals surface area contributed by atoms with Crippen LogP contribution in [-0.4, -0.2) is 36.8 Å². The summed E-state index contributed by atoms with van der Waals surface area (Å²) in [5, 5.41) is 2.94. The first-order chi connectivity index (χ1) is 13.7. The summed E-state index contributed by atoms with van der Waals surface area (Å²) in [6.07, 6.45) is 0.468. The topological polar surface area (TPSA) is 67.6 Å². The van der Waals surface area contributed by atoms with Gasteiger partial charge in [-0.05, 0) is 68.3 Å². The first-order valence-electron chi connectivity index (χ1n) is 9.71. The minimum Gasteiger partial charge on any atom is -0.450 e. The Kier molecular flexibility index (Phi) is 5.07. The van der Waals surface area contributed by atoms with E-state index in [0.29, 0.717) is 18.7 Å². The highest BCUT2D eigenvalue weighted by Crippen LogP contribution is 2.32. The number of furan rings is 1. The molecule has 1 fully saturated rings. The van der Waals surface area contributed by atoms with Crippen molar-refractivity contribution in [2.24, 2.45) is 0 Å². The van der Waals surface area contributed by atoms with Crippen LogP contribution >= 0.6 is 11.3 Å². The normalized spacial score (nSPS) is 18.4. The molecule has 0 N–H and O–H groups in total. The van der Waals surface area contributed by atoms with E-state index >= 15 is 0 Å². The van der Waals surface area contributed by atoms with Crippen molar-refractivity contribution in [3.8, 4) is 0 Å². The third-order valence-electron chi connectivity index (χ3n) is 5.75. The number of carbonyl (C=O) groups is 1. The Morgan fingerprint density at radius 2 is 1.97 bits per heavy atom. The lowest BCUT2D eigenvalue weighted by molar-refractivity contribution is 0.0651. The van der Waals surface area contributed by atoms with Crippen molar-refractivity contribution in [1.82, 2.24) is 4.90 Å². The van der Waals surface area contributed by atoms with Gasteiger partial charge in [0.1, 0.15) is 5.58 Å². The van der Waals surface area contributed by atoms with Gasteiger partial charge in [0.05, 0.1) is 18.1 Å². The molecule has 0 spiro atoms. The van der Waals surface area contributed by atoms with Crippen molar-refractivity contribution < 1.29 is 17.6 Å². The zero-order valence-electron chi connectivity index (χ0n) is 17.1. The first kappa shape index (κ1) is 20.2. The number of hydrogen-bond donors (Lipinski definition) is 0. The van der Waals surface area contributed by atoms with Crippen LogP contribution in [0.4, 0.5) is 0 Å². The Morgan fingerprint density at radius 1 is 1.21 bits per heavy atom. The summed E-state index contributed by atoms with van der Waals surface area (Å²) < 4.78 is 30.3. The van der Waals surface area contributed by atoms with E-state index in [2.05, 4.69) is 0 Å². The molecule has 0 aliphatic carbocycles. The molecule has 7 heteroatoms. The van der Waals surface area contributed by atoms with Crippen molar-refractivity contribution in [3.63, 3.8) is 0 Å². The van der Waals surface area contributed by atoms with Crippen LogP contribution in [-0.2, 0) is 16.4 Å². The van der Waals surface area contributed by atoms with Crippen LogP contribution in [0.15, 0.2) is 28.0 Å². The van der Waals surface area contributed by atoms with Gasteiger partial charge in [-0.1, -0.05) is 6.07 Å². The summed E-state index contributed by atoms with van der Waals surface area (Å²) in [5.74, 6) is 0.223. The van der Waals surface area contributed by atoms with Crippen molar-refractivity contribution in [2.75, 3.05) is 11.5 Å². The maximum Gasteiger partial charge on any atom is 0.290 e. The molecule has 29 heavy (non-hydrogen) atoms. The van der Waals surface area contributed by atoms with Crippen LogP contribution in [0, 0.1) is 27.7 Å². The largest absolute Gasteiger partial charge is 0.450 e. The van der Waals surface area contributed by atoms with Gasteiger partial charge in [0.15, 0.2) is 15.6 Å². The number of aryl methyl sites for hydroxylation is 4. The zero-order chi connectivity index (χ0) is 20.9. The third kappa shape index (κ3) is 3.73. The summed E-state index contributed by atoms with van der Waals surface area (Å²) in [4.78, 5) is 16.4. The summed E-state index contributed by atoms with van der Waals surface area (Å²) in [7, 11) is -3.11. The first-order valence-corrected chi connectivity index (χ1v) is 12.4. The van der Waals surface area contributed by atoms with Crippen molar-refractivity contribution >= 4 is 38.1 Å². The van der Waals surface area contributed by atoms with Crippen LogP contribution in [0.2, 0.25) is 0 Å². The Hall–Kier alpha value is -2.12. The Bertz CT molecular complexity index is 1200. The molecule has 0 bridgehead atoms. The monoisotopic (exact) mass is 431 g/mol. The highest BCUT2D eigenvalue weighted by Gasteiger charge is 2.37. The molecule has 4 rings (SSSR count). The Morgan fingerprint density at radius 3 is 2.59 bits per heavy atom. The minimum absolute atomic E-state index is 0.0145. The van der Waals surface area contributed by atoms with E-state index in [-0.39, 0.29) is 23.5 Å². The molecule has 1 saturated heterocycles. The van der Waals surface area contributed by atoms with Crippen molar-refractivity contribution in [3.05, 3.63) is 56.5 Å². The fraction of sp³-hybridized carbons (Fsp3) is 0.409. The van der Waals surface area contributed by atoms with E-state index in [1.54, 1.807) is 16.2 Å². The average Bonchev–Trinajstić information content (AvgIpc) is 3.31. The van der Waals surface area contributed by atoms with Crippen LogP contribution in [0.3, 0.4) is 0 Å². The average molecular weight is 432 g/mol. The molecule has 0 unspecified atom stereocenters. The molecule has 1 atom stereocenters. The lowest BCUT2D eigenvalue weighted by Gasteiger charge is -2.27. The van der Waals surface area contributed by atoms with Crippen molar-refractivity contribution in [2.45, 2.75) is 46.7 Å². The maximum atomic E-state index is 13.6. The molecule has 0 saturated carbocycles. The van der Waals surface area contributed by atoms with E-state index in [4.69, 9.17) is 4.42 Å². The number of thiophene rings is 1. The lowest BCUT2D eigenvalue weighted by Crippen LogP contribution is -2.40. The van der Waals surface area contributed by atoms with E-state index in [1.807, 2.05) is 51.3 Å². The Labute approximate surface area is 175 Å². The minimum atomic E-state index is -3.11. The van der Waals surface area contributed by atoms with Gasteiger partial charge in [0, 0.05) is 21.9 Å². The molecule has 3 aromatic rings. The number of rotatable bonds is 4. The summed E-state index contributed by atoms with van der Waals surface area (Å²) >= 11 is 1.59. The fourth-order valence-corrected chi connectivity index (χ4v) is 6.75. The SMILES string of the molecule is Cc1cc(C)c2oc(C(=O)N(Cc3sccc3C)[C@H]3CCS(=O)(=O)C3)c(C)c2c1.